The number of carbonyl (C=O) groups excluding carboxylic acids is 1. The van der Waals surface area contributed by atoms with Crippen LogP contribution < -0.4 is 15.4 Å². The van der Waals surface area contributed by atoms with E-state index in [9.17, 15) is 13.2 Å². The lowest BCUT2D eigenvalue weighted by molar-refractivity contribution is 0.0730. The molecular weight excluding hydrogens is 370 g/mol. The van der Waals surface area contributed by atoms with E-state index in [1.54, 1.807) is 0 Å². The fourth-order valence-corrected chi connectivity index (χ4v) is 4.88. The second-order valence-electron chi connectivity index (χ2n) is 6.84. The van der Waals surface area contributed by atoms with Gasteiger partial charge in [0.15, 0.2) is 0 Å². The van der Waals surface area contributed by atoms with Crippen LogP contribution in [0.2, 0.25) is 0 Å². The Balaban J connectivity index is 1.85. The highest BCUT2D eigenvalue weighted by atomic mass is 32.2. The summed E-state index contributed by atoms with van der Waals surface area (Å²) in [4.78, 5) is 12.9. The van der Waals surface area contributed by atoms with Gasteiger partial charge in [-0.2, -0.15) is 4.31 Å². The number of ether oxygens (including phenoxy) is 2. The first-order chi connectivity index (χ1) is 12.9. The molecule has 2 heterocycles. The molecule has 2 aliphatic heterocycles. The van der Waals surface area contributed by atoms with Gasteiger partial charge in [0.1, 0.15) is 5.75 Å². The predicted molar refractivity (Wildman–Crippen MR) is 101 cm³/mol. The quantitative estimate of drug-likeness (QED) is 0.755. The molecule has 2 saturated heterocycles. The van der Waals surface area contributed by atoms with Gasteiger partial charge in [-0.25, -0.2) is 8.42 Å². The lowest BCUT2D eigenvalue weighted by atomic mass is 9.99. The Labute approximate surface area is 160 Å². The molecule has 2 unspecified atom stereocenters. The van der Waals surface area contributed by atoms with Crippen LogP contribution in [0.3, 0.4) is 0 Å². The molecule has 27 heavy (non-hydrogen) atoms. The van der Waals surface area contributed by atoms with E-state index in [1.807, 2.05) is 6.92 Å². The van der Waals surface area contributed by atoms with Crippen LogP contribution in [-0.2, 0) is 14.8 Å². The van der Waals surface area contributed by atoms with Gasteiger partial charge in [-0.15, -0.1) is 0 Å². The van der Waals surface area contributed by atoms with Gasteiger partial charge in [0.05, 0.1) is 30.8 Å². The second kappa shape index (κ2) is 8.55. The fourth-order valence-electron chi connectivity index (χ4n) is 3.45. The highest BCUT2D eigenvalue weighted by Crippen LogP contribution is 2.25. The molecule has 0 aromatic heterocycles. The van der Waals surface area contributed by atoms with Crippen LogP contribution in [-0.4, -0.2) is 70.7 Å². The van der Waals surface area contributed by atoms with E-state index in [-0.39, 0.29) is 28.4 Å². The summed E-state index contributed by atoms with van der Waals surface area (Å²) < 4.78 is 37.7. The fraction of sp³-hybridized carbons (Fsp3) is 0.611. The van der Waals surface area contributed by atoms with Gasteiger partial charge in [0.25, 0.3) is 5.91 Å². The third-order valence-electron chi connectivity index (χ3n) is 5.10. The molecule has 2 aliphatic rings. The molecule has 0 bridgehead atoms. The minimum Gasteiger partial charge on any atom is -0.496 e. The molecule has 1 amide bonds. The Morgan fingerprint density at radius 2 is 2.07 bits per heavy atom. The monoisotopic (exact) mass is 397 g/mol. The summed E-state index contributed by atoms with van der Waals surface area (Å²) in [6, 6.07) is 4.57. The number of nitrogens with zero attached hydrogens (tertiary/aromatic N) is 1. The Morgan fingerprint density at radius 3 is 2.74 bits per heavy atom. The molecule has 150 valence electrons. The van der Waals surface area contributed by atoms with Crippen molar-refractivity contribution in [1.82, 2.24) is 14.9 Å². The van der Waals surface area contributed by atoms with Crippen LogP contribution >= 0.6 is 0 Å². The van der Waals surface area contributed by atoms with Crippen molar-refractivity contribution in [2.24, 2.45) is 0 Å². The maximum Gasteiger partial charge on any atom is 0.255 e. The van der Waals surface area contributed by atoms with E-state index in [0.29, 0.717) is 32.1 Å². The highest BCUT2D eigenvalue weighted by molar-refractivity contribution is 7.89. The normalized spacial score (nSPS) is 24.4. The number of amides is 1. The van der Waals surface area contributed by atoms with Crippen LogP contribution in [0.1, 0.15) is 30.1 Å². The highest BCUT2D eigenvalue weighted by Gasteiger charge is 2.29. The number of morpholine rings is 1. The van der Waals surface area contributed by atoms with Crippen molar-refractivity contribution in [3.05, 3.63) is 23.8 Å². The Morgan fingerprint density at radius 1 is 1.33 bits per heavy atom. The van der Waals surface area contributed by atoms with Crippen LogP contribution in [0.25, 0.3) is 0 Å². The molecule has 0 aliphatic carbocycles. The molecule has 8 nitrogen and oxygen atoms in total. The number of hydrogen-bond acceptors (Lipinski definition) is 6. The van der Waals surface area contributed by atoms with Gasteiger partial charge in [-0.05, 0) is 44.5 Å². The van der Waals surface area contributed by atoms with Gasteiger partial charge >= 0.3 is 0 Å². The van der Waals surface area contributed by atoms with Crippen LogP contribution in [0.5, 0.6) is 5.75 Å². The number of rotatable bonds is 5. The van der Waals surface area contributed by atoms with Crippen LogP contribution in [0, 0.1) is 0 Å². The van der Waals surface area contributed by atoms with E-state index in [1.165, 1.54) is 29.6 Å². The summed E-state index contributed by atoms with van der Waals surface area (Å²) in [7, 11) is -2.22. The number of hydrogen-bond donors (Lipinski definition) is 2. The predicted octanol–water partition coefficient (Wildman–Crippen LogP) is 0.586. The van der Waals surface area contributed by atoms with E-state index < -0.39 is 10.0 Å². The first-order valence-corrected chi connectivity index (χ1v) is 10.7. The minimum absolute atomic E-state index is 0.00420. The van der Waals surface area contributed by atoms with Crippen molar-refractivity contribution >= 4 is 15.9 Å². The van der Waals surface area contributed by atoms with Crippen LogP contribution in [0.4, 0.5) is 0 Å². The Kier molecular flexibility index (Phi) is 6.36. The second-order valence-corrected chi connectivity index (χ2v) is 8.78. The average molecular weight is 397 g/mol. The molecule has 9 heteroatoms. The first kappa shape index (κ1) is 20.1. The van der Waals surface area contributed by atoms with Crippen molar-refractivity contribution in [3.63, 3.8) is 0 Å². The summed E-state index contributed by atoms with van der Waals surface area (Å²) in [6.45, 7) is 4.32. The van der Waals surface area contributed by atoms with E-state index in [2.05, 4.69) is 10.6 Å². The number of nitrogens with one attached hydrogen (secondary N) is 2. The molecule has 0 radical (unpaired) electrons. The Bertz CT molecular complexity index is 777. The number of piperidine rings is 1. The lowest BCUT2D eigenvalue weighted by Gasteiger charge is -2.31. The third-order valence-corrected chi connectivity index (χ3v) is 7.00. The van der Waals surface area contributed by atoms with Gasteiger partial charge in [-0.3, -0.25) is 4.79 Å². The molecule has 2 N–H and O–H groups in total. The largest absolute Gasteiger partial charge is 0.496 e. The summed E-state index contributed by atoms with van der Waals surface area (Å²) in [5.74, 6) is 0.0243. The number of benzene rings is 1. The van der Waals surface area contributed by atoms with Crippen molar-refractivity contribution in [3.8, 4) is 5.75 Å². The standard InChI is InChI=1S/C18H27N3O5S/c1-13-16(4-3-7-19-13)20-18(22)15-12-14(5-6-17(15)25-2)27(23,24)21-8-10-26-11-9-21/h5-6,12-13,16,19H,3-4,7-11H2,1-2H3,(H,20,22). The van der Waals surface area contributed by atoms with Gasteiger partial charge in [0, 0.05) is 25.2 Å². The van der Waals surface area contributed by atoms with Crippen molar-refractivity contribution in [2.45, 2.75) is 36.7 Å². The molecule has 0 spiro atoms. The topological polar surface area (TPSA) is 97.0 Å². The van der Waals surface area contributed by atoms with Crippen LogP contribution in [0.15, 0.2) is 23.1 Å². The van der Waals surface area contributed by atoms with Gasteiger partial charge < -0.3 is 20.1 Å². The van der Waals surface area contributed by atoms with Gasteiger partial charge in [0.2, 0.25) is 10.0 Å². The van der Waals surface area contributed by atoms with E-state index in [0.717, 1.165) is 19.4 Å². The average Bonchev–Trinajstić information content (AvgIpc) is 2.69. The number of carbonyl (C=O) groups is 1. The summed E-state index contributed by atoms with van der Waals surface area (Å²) in [6.07, 6.45) is 1.87. The number of methoxy groups -OCH3 is 1. The zero-order chi connectivity index (χ0) is 19.4. The smallest absolute Gasteiger partial charge is 0.255 e. The van der Waals surface area contributed by atoms with Crippen molar-refractivity contribution < 1.29 is 22.7 Å². The van der Waals surface area contributed by atoms with Crippen molar-refractivity contribution in [2.75, 3.05) is 40.0 Å². The molecule has 1 aromatic carbocycles. The van der Waals surface area contributed by atoms with E-state index in [4.69, 9.17) is 9.47 Å². The molecule has 1 aromatic rings. The van der Waals surface area contributed by atoms with Crippen molar-refractivity contribution in [1.29, 1.82) is 0 Å². The number of sulfonamides is 1. The third kappa shape index (κ3) is 4.43. The zero-order valence-electron chi connectivity index (χ0n) is 15.7. The SMILES string of the molecule is COc1ccc(S(=O)(=O)N2CCOCC2)cc1C(=O)NC1CCCNC1C. The summed E-state index contributed by atoms with van der Waals surface area (Å²) >= 11 is 0. The lowest BCUT2D eigenvalue weighted by Crippen LogP contribution is -2.52. The zero-order valence-corrected chi connectivity index (χ0v) is 16.5. The molecule has 3 rings (SSSR count). The maximum atomic E-state index is 12.9. The Hall–Kier alpha value is -1.68. The minimum atomic E-state index is -3.68. The first-order valence-electron chi connectivity index (χ1n) is 9.23. The molecule has 0 saturated carbocycles. The molecular formula is C18H27N3O5S. The maximum absolute atomic E-state index is 12.9. The molecule has 2 fully saturated rings. The summed E-state index contributed by atoms with van der Waals surface area (Å²) in [5, 5.41) is 6.34. The summed E-state index contributed by atoms with van der Waals surface area (Å²) in [5.41, 5.74) is 0.226. The van der Waals surface area contributed by atoms with Gasteiger partial charge in [-0.1, -0.05) is 0 Å². The van der Waals surface area contributed by atoms with E-state index >= 15 is 0 Å². The molecule has 2 atom stereocenters.